The van der Waals surface area contributed by atoms with Crippen LogP contribution in [0.4, 0.5) is 15.8 Å². The molecule has 4 nitrogen and oxygen atoms in total. The van der Waals surface area contributed by atoms with E-state index < -0.39 is 11.1 Å². The predicted molar refractivity (Wildman–Crippen MR) is 136 cm³/mol. The highest BCUT2D eigenvalue weighted by Gasteiger charge is 2.22. The molecule has 0 aromatic heterocycles. The van der Waals surface area contributed by atoms with Crippen LogP contribution in [0, 0.1) is 12.7 Å². The van der Waals surface area contributed by atoms with E-state index in [-0.39, 0.29) is 11.8 Å². The molecule has 0 saturated carbocycles. The lowest BCUT2D eigenvalue weighted by atomic mass is 10.1. The van der Waals surface area contributed by atoms with Gasteiger partial charge in [-0.2, -0.15) is 0 Å². The third-order valence-electron chi connectivity index (χ3n) is 5.13. The molecule has 0 bridgehead atoms. The largest absolute Gasteiger partial charge is 0.325 e. The molecule has 170 valence electrons. The van der Waals surface area contributed by atoms with Crippen molar-refractivity contribution >= 4 is 35.0 Å². The van der Waals surface area contributed by atoms with Crippen molar-refractivity contribution in [2.75, 3.05) is 10.6 Å². The van der Waals surface area contributed by atoms with E-state index in [1.54, 1.807) is 12.1 Å². The predicted octanol–water partition coefficient (Wildman–Crippen LogP) is 6.86. The van der Waals surface area contributed by atoms with E-state index in [0.29, 0.717) is 11.3 Å². The van der Waals surface area contributed by atoms with E-state index >= 15 is 0 Å². The lowest BCUT2D eigenvalue weighted by Gasteiger charge is -2.17. The number of nitrogens with one attached hydrogen (secondary N) is 2. The molecule has 0 saturated heterocycles. The molecule has 6 heteroatoms. The fourth-order valence-corrected chi connectivity index (χ4v) is 4.33. The number of halogens is 1. The van der Waals surface area contributed by atoms with Gasteiger partial charge in [-0.15, -0.1) is 11.8 Å². The van der Waals surface area contributed by atoms with Gasteiger partial charge in [-0.05, 0) is 73.2 Å². The number of anilines is 2. The van der Waals surface area contributed by atoms with E-state index in [0.717, 1.165) is 21.7 Å². The molecule has 0 spiro atoms. The highest BCUT2D eigenvalue weighted by Crippen LogP contribution is 2.36. The van der Waals surface area contributed by atoms with Crippen LogP contribution >= 0.6 is 11.8 Å². The second kappa shape index (κ2) is 10.8. The number of thioether (sulfide) groups is 1. The van der Waals surface area contributed by atoms with Crippen molar-refractivity contribution < 1.29 is 14.0 Å². The van der Waals surface area contributed by atoms with Crippen molar-refractivity contribution in [3.05, 3.63) is 126 Å². The minimum Gasteiger partial charge on any atom is -0.325 e. The molecular formula is C28H23FN2O2S. The molecule has 1 unspecified atom stereocenters. The summed E-state index contributed by atoms with van der Waals surface area (Å²) in [6.07, 6.45) is 0. The fourth-order valence-electron chi connectivity index (χ4n) is 3.30. The van der Waals surface area contributed by atoms with Gasteiger partial charge in [-0.1, -0.05) is 48.0 Å². The summed E-state index contributed by atoms with van der Waals surface area (Å²) in [6.45, 7) is 2.00. The normalized spacial score (nSPS) is 11.5. The molecule has 34 heavy (non-hydrogen) atoms. The zero-order valence-electron chi connectivity index (χ0n) is 18.5. The number of carbonyl (C=O) groups excluding carboxylic acids is 2. The summed E-state index contributed by atoms with van der Waals surface area (Å²) >= 11 is 1.43. The standard InChI is InChI=1S/C28H23FN2O2S/c1-19-7-13-23(14-8-19)31-28(33)26(20-5-3-2-4-6-20)34-25-17-15-24(16-18-25)30-27(32)21-9-11-22(29)12-10-21/h2-18,26H,1H3,(H,30,32)(H,31,33). The number of hydrogen-bond donors (Lipinski definition) is 2. The van der Waals surface area contributed by atoms with Crippen molar-refractivity contribution in [3.63, 3.8) is 0 Å². The van der Waals surface area contributed by atoms with Crippen LogP contribution in [0.5, 0.6) is 0 Å². The molecule has 1 atom stereocenters. The van der Waals surface area contributed by atoms with Crippen molar-refractivity contribution in [2.24, 2.45) is 0 Å². The Morgan fingerprint density at radius 3 is 1.97 bits per heavy atom. The third kappa shape index (κ3) is 6.11. The summed E-state index contributed by atoms with van der Waals surface area (Å²) in [4.78, 5) is 26.4. The minimum atomic E-state index is -0.456. The van der Waals surface area contributed by atoms with Crippen LogP contribution in [0.15, 0.2) is 108 Å². The Bertz CT molecular complexity index is 1260. The Kier molecular flexibility index (Phi) is 7.40. The first-order chi connectivity index (χ1) is 16.5. The van der Waals surface area contributed by atoms with Crippen molar-refractivity contribution in [3.8, 4) is 0 Å². The maximum Gasteiger partial charge on any atom is 0.255 e. The van der Waals surface area contributed by atoms with Crippen molar-refractivity contribution in [2.45, 2.75) is 17.1 Å². The Morgan fingerprint density at radius 2 is 1.32 bits per heavy atom. The van der Waals surface area contributed by atoms with Crippen LogP contribution in [-0.2, 0) is 4.79 Å². The molecule has 0 aliphatic carbocycles. The van der Waals surface area contributed by atoms with Crippen molar-refractivity contribution in [1.82, 2.24) is 0 Å². The summed E-state index contributed by atoms with van der Waals surface area (Å²) in [5.74, 6) is -0.828. The van der Waals surface area contributed by atoms with Gasteiger partial charge < -0.3 is 10.6 Å². The number of aryl methyl sites for hydroxylation is 1. The molecule has 2 amide bonds. The molecular weight excluding hydrogens is 447 g/mol. The van der Waals surface area contributed by atoms with Gasteiger partial charge in [0.15, 0.2) is 0 Å². The highest BCUT2D eigenvalue weighted by atomic mass is 32.2. The average molecular weight is 471 g/mol. The quantitative estimate of drug-likeness (QED) is 0.290. The van der Waals surface area contributed by atoms with E-state index in [9.17, 15) is 14.0 Å². The Hall–Kier alpha value is -3.90. The Morgan fingerprint density at radius 1 is 0.735 bits per heavy atom. The zero-order chi connectivity index (χ0) is 23.9. The maximum absolute atomic E-state index is 13.2. The molecule has 4 rings (SSSR count). The summed E-state index contributed by atoms with van der Waals surface area (Å²) in [5, 5.41) is 5.35. The molecule has 0 aliphatic rings. The smallest absolute Gasteiger partial charge is 0.255 e. The van der Waals surface area contributed by atoms with Gasteiger partial charge in [-0.25, -0.2) is 4.39 Å². The molecule has 0 aliphatic heterocycles. The van der Waals surface area contributed by atoms with E-state index in [1.807, 2.05) is 73.7 Å². The fraction of sp³-hybridized carbons (Fsp3) is 0.0714. The van der Waals surface area contributed by atoms with E-state index in [4.69, 9.17) is 0 Å². The lowest BCUT2D eigenvalue weighted by Crippen LogP contribution is -2.19. The first kappa shape index (κ1) is 23.3. The molecule has 2 N–H and O–H groups in total. The van der Waals surface area contributed by atoms with Crippen LogP contribution in [0.2, 0.25) is 0 Å². The second-order valence-corrected chi connectivity index (χ2v) is 8.93. The zero-order valence-corrected chi connectivity index (χ0v) is 19.3. The van der Waals surface area contributed by atoms with Gasteiger partial charge in [0.1, 0.15) is 11.1 Å². The lowest BCUT2D eigenvalue weighted by molar-refractivity contribution is -0.115. The van der Waals surface area contributed by atoms with Crippen LogP contribution in [0.25, 0.3) is 0 Å². The molecule has 0 radical (unpaired) electrons. The topological polar surface area (TPSA) is 58.2 Å². The number of amides is 2. The molecule has 4 aromatic rings. The summed E-state index contributed by atoms with van der Waals surface area (Å²) in [6, 6.07) is 30.0. The second-order valence-electron chi connectivity index (χ2n) is 7.75. The van der Waals surface area contributed by atoms with E-state index in [1.165, 1.54) is 36.0 Å². The molecule has 4 aromatic carbocycles. The summed E-state index contributed by atoms with van der Waals surface area (Å²) in [5.41, 5.74) is 3.75. The Labute approximate surface area is 202 Å². The molecule has 0 heterocycles. The number of benzene rings is 4. The van der Waals surface area contributed by atoms with Gasteiger partial charge in [0.05, 0.1) is 0 Å². The van der Waals surface area contributed by atoms with Gasteiger partial charge in [0, 0.05) is 21.8 Å². The average Bonchev–Trinajstić information content (AvgIpc) is 2.86. The first-order valence-corrected chi connectivity index (χ1v) is 11.6. The SMILES string of the molecule is Cc1ccc(NC(=O)C(Sc2ccc(NC(=O)c3ccc(F)cc3)cc2)c2ccccc2)cc1. The monoisotopic (exact) mass is 470 g/mol. The third-order valence-corrected chi connectivity index (χ3v) is 6.40. The number of rotatable bonds is 7. The number of hydrogen-bond acceptors (Lipinski definition) is 3. The van der Waals surface area contributed by atoms with E-state index in [2.05, 4.69) is 10.6 Å². The summed E-state index contributed by atoms with van der Waals surface area (Å²) < 4.78 is 13.1. The minimum absolute atomic E-state index is 0.117. The van der Waals surface area contributed by atoms with Gasteiger partial charge in [0.2, 0.25) is 5.91 Å². The van der Waals surface area contributed by atoms with Crippen LogP contribution in [-0.4, -0.2) is 11.8 Å². The highest BCUT2D eigenvalue weighted by molar-refractivity contribution is 8.00. The van der Waals surface area contributed by atoms with Crippen LogP contribution < -0.4 is 10.6 Å². The maximum atomic E-state index is 13.2. The van der Waals surface area contributed by atoms with Crippen LogP contribution in [0.3, 0.4) is 0 Å². The Balaban J connectivity index is 1.47. The van der Waals surface area contributed by atoms with Gasteiger partial charge in [-0.3, -0.25) is 9.59 Å². The number of carbonyl (C=O) groups is 2. The molecule has 0 fully saturated rings. The van der Waals surface area contributed by atoms with Crippen LogP contribution in [0.1, 0.15) is 26.7 Å². The summed E-state index contributed by atoms with van der Waals surface area (Å²) in [7, 11) is 0. The first-order valence-electron chi connectivity index (χ1n) is 10.7. The van der Waals surface area contributed by atoms with Gasteiger partial charge in [0.25, 0.3) is 5.91 Å². The van der Waals surface area contributed by atoms with Crippen molar-refractivity contribution in [1.29, 1.82) is 0 Å². The van der Waals surface area contributed by atoms with Gasteiger partial charge >= 0.3 is 0 Å².